The topological polar surface area (TPSA) is 67.6 Å². The van der Waals surface area contributed by atoms with Crippen LogP contribution in [0.2, 0.25) is 0 Å². The van der Waals surface area contributed by atoms with Gasteiger partial charge in [0, 0.05) is 35.9 Å². The van der Waals surface area contributed by atoms with Crippen LogP contribution in [-0.4, -0.2) is 43.3 Å². The molecule has 6 nitrogen and oxygen atoms in total. The summed E-state index contributed by atoms with van der Waals surface area (Å²) in [5.41, 5.74) is 4.70. The molecule has 0 atom stereocenters. The molecule has 1 aliphatic heterocycles. The van der Waals surface area contributed by atoms with E-state index in [2.05, 4.69) is 29.2 Å². The number of carbonyl (C=O) groups excluding carboxylic acids is 1. The quantitative estimate of drug-likeness (QED) is 0.599. The van der Waals surface area contributed by atoms with Gasteiger partial charge < -0.3 is 19.5 Å². The maximum Gasteiger partial charge on any atom is 0.196 e. The first-order valence-corrected chi connectivity index (χ1v) is 9.35. The van der Waals surface area contributed by atoms with Crippen LogP contribution >= 0.6 is 0 Å². The lowest BCUT2D eigenvalue weighted by atomic mass is 9.86. The SMILES string of the molecule is CC(C)Nc1cc(N2CCOCC2)c2noc3c2c1C(=O)c1ccccc1-3. The van der Waals surface area contributed by atoms with Gasteiger partial charge >= 0.3 is 0 Å². The number of nitrogens with zero attached hydrogens (tertiary/aromatic N) is 2. The number of carbonyl (C=O) groups is 1. The predicted octanol–water partition coefficient (Wildman–Crippen LogP) is 3.70. The number of morpholine rings is 1. The minimum absolute atomic E-state index is 0.0166. The van der Waals surface area contributed by atoms with E-state index in [4.69, 9.17) is 9.26 Å². The maximum absolute atomic E-state index is 13.3. The molecule has 1 aliphatic carbocycles. The molecule has 0 bridgehead atoms. The number of nitrogens with one attached hydrogen (secondary N) is 1. The molecular formula is C21H21N3O3. The van der Waals surface area contributed by atoms with Crippen molar-refractivity contribution >= 4 is 28.1 Å². The molecule has 2 aliphatic rings. The number of ketones is 1. The van der Waals surface area contributed by atoms with E-state index in [9.17, 15) is 4.79 Å². The Morgan fingerprint density at radius 3 is 2.63 bits per heavy atom. The molecule has 138 valence electrons. The summed E-state index contributed by atoms with van der Waals surface area (Å²) < 4.78 is 11.3. The Bertz CT molecular complexity index is 1050. The molecule has 1 aromatic heterocycles. The highest BCUT2D eigenvalue weighted by molar-refractivity contribution is 6.28. The fourth-order valence-corrected chi connectivity index (χ4v) is 4.01. The Labute approximate surface area is 157 Å². The number of hydrogen-bond donors (Lipinski definition) is 1. The van der Waals surface area contributed by atoms with E-state index in [1.54, 1.807) is 0 Å². The minimum atomic E-state index is 0.0166. The smallest absolute Gasteiger partial charge is 0.196 e. The zero-order chi connectivity index (χ0) is 18.5. The number of fused-ring (bicyclic) bond motifs is 2. The molecule has 5 rings (SSSR count). The number of ether oxygens (including phenoxy) is 1. The monoisotopic (exact) mass is 363 g/mol. The molecule has 0 unspecified atom stereocenters. The molecule has 1 fully saturated rings. The summed E-state index contributed by atoms with van der Waals surface area (Å²) in [4.78, 5) is 15.6. The number of anilines is 2. The van der Waals surface area contributed by atoms with E-state index in [0.717, 1.165) is 40.9 Å². The van der Waals surface area contributed by atoms with Crippen LogP contribution in [0, 0.1) is 0 Å². The third kappa shape index (κ3) is 2.44. The average molecular weight is 363 g/mol. The standard InChI is InChI=1S/C21H21N3O3/c1-12(2)22-15-11-16(24-7-9-26-10-8-24)19-18-17(15)20(25)13-5-3-4-6-14(13)21(18)27-23-19/h3-6,11-12,22H,7-10H2,1-2H3. The molecule has 27 heavy (non-hydrogen) atoms. The maximum atomic E-state index is 13.3. The van der Waals surface area contributed by atoms with Gasteiger partial charge in [-0.15, -0.1) is 0 Å². The van der Waals surface area contributed by atoms with Gasteiger partial charge in [-0.3, -0.25) is 4.79 Å². The number of hydrogen-bond acceptors (Lipinski definition) is 6. The highest BCUT2D eigenvalue weighted by Gasteiger charge is 2.33. The summed E-state index contributed by atoms with van der Waals surface area (Å²) >= 11 is 0. The fraction of sp³-hybridized carbons (Fsp3) is 0.333. The molecule has 0 amide bonds. The van der Waals surface area contributed by atoms with Gasteiger partial charge in [-0.1, -0.05) is 29.4 Å². The zero-order valence-electron chi connectivity index (χ0n) is 15.4. The second kappa shape index (κ2) is 6.09. The Balaban J connectivity index is 1.82. The van der Waals surface area contributed by atoms with Crippen molar-refractivity contribution in [1.29, 1.82) is 0 Å². The predicted molar refractivity (Wildman–Crippen MR) is 105 cm³/mol. The summed E-state index contributed by atoms with van der Waals surface area (Å²) in [7, 11) is 0. The summed E-state index contributed by atoms with van der Waals surface area (Å²) in [5, 5.41) is 8.65. The molecule has 1 saturated heterocycles. The average Bonchev–Trinajstić information content (AvgIpc) is 3.12. The zero-order valence-corrected chi connectivity index (χ0v) is 15.4. The Kier molecular flexibility index (Phi) is 3.68. The summed E-state index contributed by atoms with van der Waals surface area (Å²) in [5.74, 6) is 0.695. The molecule has 1 N–H and O–H groups in total. The molecule has 2 aromatic carbocycles. The van der Waals surface area contributed by atoms with Crippen LogP contribution in [0.3, 0.4) is 0 Å². The van der Waals surface area contributed by atoms with E-state index in [1.165, 1.54) is 0 Å². The molecule has 0 saturated carbocycles. The van der Waals surface area contributed by atoms with Crippen molar-refractivity contribution in [3.05, 3.63) is 41.5 Å². The fourth-order valence-electron chi connectivity index (χ4n) is 4.01. The van der Waals surface area contributed by atoms with Crippen LogP contribution < -0.4 is 10.2 Å². The van der Waals surface area contributed by atoms with E-state index in [0.29, 0.717) is 30.1 Å². The number of aromatic nitrogens is 1. The Hall–Kier alpha value is -2.86. The first-order chi connectivity index (χ1) is 13.1. The van der Waals surface area contributed by atoms with Gasteiger partial charge in [-0.2, -0.15) is 0 Å². The highest BCUT2D eigenvalue weighted by Crippen LogP contribution is 2.45. The Morgan fingerprint density at radius 2 is 1.89 bits per heavy atom. The van der Waals surface area contributed by atoms with Crippen LogP contribution in [0.15, 0.2) is 34.9 Å². The van der Waals surface area contributed by atoms with Crippen LogP contribution in [0.1, 0.15) is 29.8 Å². The van der Waals surface area contributed by atoms with Crippen molar-refractivity contribution in [2.75, 3.05) is 36.5 Å². The van der Waals surface area contributed by atoms with E-state index in [-0.39, 0.29) is 11.8 Å². The van der Waals surface area contributed by atoms with Crippen LogP contribution in [0.4, 0.5) is 11.4 Å². The van der Waals surface area contributed by atoms with Gasteiger partial charge in [0.05, 0.1) is 29.9 Å². The summed E-state index contributed by atoms with van der Waals surface area (Å²) in [6, 6.07) is 9.82. The lowest BCUT2D eigenvalue weighted by Gasteiger charge is -2.30. The molecule has 3 aromatic rings. The molecule has 0 spiro atoms. The second-order valence-corrected chi connectivity index (χ2v) is 7.33. The van der Waals surface area contributed by atoms with Gasteiger partial charge in [0.25, 0.3) is 0 Å². The normalized spacial score (nSPS) is 16.1. The first-order valence-electron chi connectivity index (χ1n) is 9.35. The van der Waals surface area contributed by atoms with E-state index in [1.807, 2.05) is 30.3 Å². The second-order valence-electron chi connectivity index (χ2n) is 7.33. The third-order valence-corrected chi connectivity index (χ3v) is 5.17. The third-order valence-electron chi connectivity index (χ3n) is 5.17. The van der Waals surface area contributed by atoms with Crippen molar-refractivity contribution in [3.8, 4) is 11.3 Å². The highest BCUT2D eigenvalue weighted by atomic mass is 16.5. The molecule has 6 heteroatoms. The van der Waals surface area contributed by atoms with Crippen LogP contribution in [-0.2, 0) is 4.74 Å². The van der Waals surface area contributed by atoms with Crippen molar-refractivity contribution in [2.24, 2.45) is 0 Å². The van der Waals surface area contributed by atoms with E-state index >= 15 is 0 Å². The van der Waals surface area contributed by atoms with Crippen molar-refractivity contribution in [3.63, 3.8) is 0 Å². The van der Waals surface area contributed by atoms with Gasteiger partial charge in [0.15, 0.2) is 11.5 Å². The Morgan fingerprint density at radius 1 is 1.15 bits per heavy atom. The van der Waals surface area contributed by atoms with Gasteiger partial charge in [0.2, 0.25) is 0 Å². The van der Waals surface area contributed by atoms with Crippen molar-refractivity contribution < 1.29 is 14.1 Å². The van der Waals surface area contributed by atoms with Gasteiger partial charge in [-0.05, 0) is 19.9 Å². The van der Waals surface area contributed by atoms with Crippen LogP contribution in [0.5, 0.6) is 0 Å². The van der Waals surface area contributed by atoms with Crippen molar-refractivity contribution in [2.45, 2.75) is 19.9 Å². The summed E-state index contributed by atoms with van der Waals surface area (Å²) in [6.07, 6.45) is 0. The minimum Gasteiger partial charge on any atom is -0.382 e. The van der Waals surface area contributed by atoms with E-state index < -0.39 is 0 Å². The first kappa shape index (κ1) is 16.3. The van der Waals surface area contributed by atoms with Crippen LogP contribution in [0.25, 0.3) is 22.2 Å². The van der Waals surface area contributed by atoms with Gasteiger partial charge in [0.1, 0.15) is 5.52 Å². The molecule has 0 radical (unpaired) electrons. The lowest BCUT2D eigenvalue weighted by molar-refractivity contribution is 0.104. The lowest BCUT2D eigenvalue weighted by Crippen LogP contribution is -2.36. The largest absolute Gasteiger partial charge is 0.382 e. The number of rotatable bonds is 3. The summed E-state index contributed by atoms with van der Waals surface area (Å²) in [6.45, 7) is 7.10. The number of benzene rings is 2. The molecular weight excluding hydrogens is 342 g/mol. The van der Waals surface area contributed by atoms with Crippen molar-refractivity contribution in [1.82, 2.24) is 5.16 Å². The van der Waals surface area contributed by atoms with Gasteiger partial charge in [-0.25, -0.2) is 0 Å². The molecule has 2 heterocycles.